The molecule has 0 aliphatic carbocycles. The number of hydrogen-bond donors (Lipinski definition) is 0. The van der Waals surface area contributed by atoms with Gasteiger partial charge < -0.3 is 14.1 Å². The van der Waals surface area contributed by atoms with Crippen LogP contribution in [0.3, 0.4) is 0 Å². The Kier molecular flexibility index (Phi) is 4.82. The van der Waals surface area contributed by atoms with E-state index in [9.17, 15) is 4.79 Å². The molecule has 0 saturated carbocycles. The highest BCUT2D eigenvalue weighted by molar-refractivity contribution is 6.30. The van der Waals surface area contributed by atoms with E-state index in [1.807, 2.05) is 18.2 Å². The number of nitrogens with zero attached hydrogens (tertiary/aromatic N) is 1. The lowest BCUT2D eigenvalue weighted by Gasteiger charge is -2.15. The van der Waals surface area contributed by atoms with Crippen LogP contribution in [-0.4, -0.2) is 25.0 Å². The predicted molar refractivity (Wildman–Crippen MR) is 76.7 cm³/mol. The zero-order valence-electron chi connectivity index (χ0n) is 11.4. The maximum atomic E-state index is 12.2. The summed E-state index contributed by atoms with van der Waals surface area (Å²) in [6, 6.07) is 10.8. The van der Waals surface area contributed by atoms with E-state index in [2.05, 4.69) is 0 Å². The molecule has 2 aromatic rings. The van der Waals surface area contributed by atoms with Crippen molar-refractivity contribution in [2.24, 2.45) is 0 Å². The average Bonchev–Trinajstić information content (AvgIpc) is 2.87. The number of carbonyl (C=O) groups excluding carboxylic acids is 1. The lowest BCUT2D eigenvalue weighted by Crippen LogP contribution is -2.25. The van der Waals surface area contributed by atoms with Gasteiger partial charge in [0, 0.05) is 25.7 Å². The number of carbonyl (C=O) groups is 1. The Morgan fingerprint density at radius 1 is 1.35 bits per heavy atom. The van der Waals surface area contributed by atoms with Crippen molar-refractivity contribution >= 4 is 17.5 Å². The minimum atomic E-state index is -0.174. The van der Waals surface area contributed by atoms with Gasteiger partial charge in [-0.3, -0.25) is 4.79 Å². The number of methoxy groups -OCH3 is 1. The number of hydrogen-bond acceptors (Lipinski definition) is 3. The smallest absolute Gasteiger partial charge is 0.289 e. The summed E-state index contributed by atoms with van der Waals surface area (Å²) in [6.07, 6.45) is 0. The highest BCUT2D eigenvalue weighted by atomic mass is 35.5. The summed E-state index contributed by atoms with van der Waals surface area (Å²) in [7, 11) is 3.30. The minimum Gasteiger partial charge on any atom is -0.453 e. The zero-order chi connectivity index (χ0) is 14.5. The Labute approximate surface area is 122 Å². The molecule has 0 aliphatic rings. The first-order valence-corrected chi connectivity index (χ1v) is 6.55. The molecule has 2 rings (SSSR count). The minimum absolute atomic E-state index is 0.174. The van der Waals surface area contributed by atoms with Crippen LogP contribution in [0.25, 0.3) is 0 Å². The van der Waals surface area contributed by atoms with E-state index >= 15 is 0 Å². The lowest BCUT2D eigenvalue weighted by molar-refractivity contribution is 0.0745. The van der Waals surface area contributed by atoms with E-state index in [4.69, 9.17) is 20.8 Å². The van der Waals surface area contributed by atoms with E-state index < -0.39 is 0 Å². The molecule has 0 aliphatic heterocycles. The number of furan rings is 1. The van der Waals surface area contributed by atoms with Crippen molar-refractivity contribution in [3.8, 4) is 0 Å². The quantitative estimate of drug-likeness (QED) is 0.849. The number of amides is 1. The molecule has 0 fully saturated rings. The van der Waals surface area contributed by atoms with E-state index in [1.54, 1.807) is 37.3 Å². The van der Waals surface area contributed by atoms with Gasteiger partial charge in [-0.25, -0.2) is 0 Å². The van der Waals surface area contributed by atoms with Crippen LogP contribution >= 0.6 is 11.6 Å². The first-order chi connectivity index (χ1) is 9.60. The van der Waals surface area contributed by atoms with Crippen molar-refractivity contribution in [3.63, 3.8) is 0 Å². The summed E-state index contributed by atoms with van der Waals surface area (Å²) in [5.41, 5.74) is 0.969. The van der Waals surface area contributed by atoms with E-state index in [-0.39, 0.29) is 5.91 Å². The summed E-state index contributed by atoms with van der Waals surface area (Å²) in [5.74, 6) is 0.765. The SMILES string of the molecule is COCc1ccc(C(=O)N(C)Cc2cccc(Cl)c2)o1. The van der Waals surface area contributed by atoms with Crippen molar-refractivity contribution in [2.75, 3.05) is 14.2 Å². The summed E-state index contributed by atoms with van der Waals surface area (Å²) in [6.45, 7) is 0.824. The fourth-order valence-corrected chi connectivity index (χ4v) is 2.09. The molecule has 4 nitrogen and oxygen atoms in total. The van der Waals surface area contributed by atoms with Gasteiger partial charge in [-0.15, -0.1) is 0 Å². The van der Waals surface area contributed by atoms with Crippen molar-refractivity contribution in [2.45, 2.75) is 13.2 Å². The second-order valence-corrected chi connectivity index (χ2v) is 4.93. The molecule has 20 heavy (non-hydrogen) atoms. The molecular formula is C15H16ClNO3. The first-order valence-electron chi connectivity index (χ1n) is 6.17. The fraction of sp³-hybridized carbons (Fsp3) is 0.267. The van der Waals surface area contributed by atoms with Gasteiger partial charge >= 0.3 is 0 Å². The fourth-order valence-electron chi connectivity index (χ4n) is 1.88. The second kappa shape index (κ2) is 6.59. The van der Waals surface area contributed by atoms with E-state index in [0.29, 0.717) is 29.7 Å². The van der Waals surface area contributed by atoms with Gasteiger partial charge in [0.25, 0.3) is 5.91 Å². The molecule has 1 aromatic heterocycles. The summed E-state index contributed by atoms with van der Waals surface area (Å²) >= 11 is 5.93. The molecule has 0 spiro atoms. The van der Waals surface area contributed by atoms with Crippen LogP contribution in [0.4, 0.5) is 0 Å². The molecule has 1 heterocycles. The molecule has 0 saturated heterocycles. The number of ether oxygens (including phenoxy) is 1. The Morgan fingerprint density at radius 3 is 2.85 bits per heavy atom. The molecule has 0 radical (unpaired) electrons. The Hall–Kier alpha value is -1.78. The molecule has 1 aromatic carbocycles. The topological polar surface area (TPSA) is 42.7 Å². The van der Waals surface area contributed by atoms with Gasteiger partial charge in [-0.1, -0.05) is 23.7 Å². The maximum Gasteiger partial charge on any atom is 0.289 e. The van der Waals surface area contributed by atoms with Crippen LogP contribution in [0.15, 0.2) is 40.8 Å². The third-order valence-corrected chi connectivity index (χ3v) is 3.05. The van der Waals surface area contributed by atoms with E-state index in [1.165, 1.54) is 0 Å². The molecular weight excluding hydrogens is 278 g/mol. The predicted octanol–water partition coefficient (Wildman–Crippen LogP) is 3.35. The summed E-state index contributed by atoms with van der Waals surface area (Å²) in [4.78, 5) is 13.8. The monoisotopic (exact) mass is 293 g/mol. The van der Waals surface area contributed by atoms with Gasteiger partial charge in [0.2, 0.25) is 0 Å². The maximum absolute atomic E-state index is 12.2. The molecule has 0 N–H and O–H groups in total. The van der Waals surface area contributed by atoms with Crippen LogP contribution in [0.5, 0.6) is 0 Å². The zero-order valence-corrected chi connectivity index (χ0v) is 12.2. The Bertz CT molecular complexity index is 594. The number of rotatable bonds is 5. The van der Waals surface area contributed by atoms with Crippen molar-refractivity contribution in [3.05, 3.63) is 58.5 Å². The number of benzene rings is 1. The van der Waals surface area contributed by atoms with Crippen LogP contribution in [0.2, 0.25) is 5.02 Å². The first kappa shape index (κ1) is 14.6. The van der Waals surface area contributed by atoms with Crippen molar-refractivity contribution < 1.29 is 13.9 Å². The van der Waals surface area contributed by atoms with Gasteiger partial charge in [-0.2, -0.15) is 0 Å². The van der Waals surface area contributed by atoms with Gasteiger partial charge in [0.15, 0.2) is 5.76 Å². The van der Waals surface area contributed by atoms with Crippen LogP contribution in [-0.2, 0) is 17.9 Å². The van der Waals surface area contributed by atoms with E-state index in [0.717, 1.165) is 5.56 Å². The average molecular weight is 294 g/mol. The largest absolute Gasteiger partial charge is 0.453 e. The lowest BCUT2D eigenvalue weighted by atomic mass is 10.2. The Balaban J connectivity index is 2.04. The highest BCUT2D eigenvalue weighted by Crippen LogP contribution is 2.15. The van der Waals surface area contributed by atoms with Crippen LogP contribution < -0.4 is 0 Å². The van der Waals surface area contributed by atoms with Crippen LogP contribution in [0, 0.1) is 0 Å². The second-order valence-electron chi connectivity index (χ2n) is 4.49. The molecule has 5 heteroatoms. The van der Waals surface area contributed by atoms with Gasteiger partial charge in [-0.05, 0) is 29.8 Å². The third-order valence-electron chi connectivity index (χ3n) is 2.81. The number of halogens is 1. The van der Waals surface area contributed by atoms with Crippen LogP contribution in [0.1, 0.15) is 21.9 Å². The standard InChI is InChI=1S/C15H16ClNO3/c1-17(9-11-4-3-5-12(16)8-11)15(18)14-7-6-13(20-14)10-19-2/h3-8H,9-10H2,1-2H3. The van der Waals surface area contributed by atoms with Crippen molar-refractivity contribution in [1.29, 1.82) is 0 Å². The normalized spacial score (nSPS) is 10.6. The highest BCUT2D eigenvalue weighted by Gasteiger charge is 2.16. The molecule has 0 unspecified atom stereocenters. The van der Waals surface area contributed by atoms with Gasteiger partial charge in [0.1, 0.15) is 12.4 Å². The molecule has 0 atom stereocenters. The third kappa shape index (κ3) is 3.62. The summed E-state index contributed by atoms with van der Waals surface area (Å²) < 4.78 is 10.4. The Morgan fingerprint density at radius 2 is 2.15 bits per heavy atom. The molecule has 106 valence electrons. The van der Waals surface area contributed by atoms with Crippen molar-refractivity contribution in [1.82, 2.24) is 4.90 Å². The molecule has 1 amide bonds. The summed E-state index contributed by atoms with van der Waals surface area (Å²) in [5, 5.41) is 0.656. The molecule has 0 bridgehead atoms. The van der Waals surface area contributed by atoms with Gasteiger partial charge in [0.05, 0.1) is 0 Å².